The highest BCUT2D eigenvalue weighted by Crippen LogP contribution is 2.43. The summed E-state index contributed by atoms with van der Waals surface area (Å²) >= 11 is 0. The molecule has 10 heteroatoms. The number of unbranched alkanes of at least 4 members (excludes halogenated alkanes) is 2. The number of ether oxygens (including phenoxy) is 2. The van der Waals surface area contributed by atoms with Gasteiger partial charge in [0.2, 0.25) is 11.4 Å². The summed E-state index contributed by atoms with van der Waals surface area (Å²) in [5.74, 6) is -0.145. The van der Waals surface area contributed by atoms with Gasteiger partial charge in [0, 0.05) is 70.4 Å². The number of anilines is 3. The molecule has 0 spiro atoms. The van der Waals surface area contributed by atoms with Gasteiger partial charge in [0.05, 0.1) is 24.6 Å². The Morgan fingerprint density at radius 1 is 0.726 bits per heavy atom. The Morgan fingerprint density at radius 3 is 1.89 bits per heavy atom. The fourth-order valence-electron chi connectivity index (χ4n) is 8.00. The van der Waals surface area contributed by atoms with Crippen molar-refractivity contribution in [3.63, 3.8) is 0 Å². The highest BCUT2D eigenvalue weighted by atomic mass is 16.6. The van der Waals surface area contributed by atoms with E-state index in [1.807, 2.05) is 24.3 Å². The van der Waals surface area contributed by atoms with Gasteiger partial charge in [-0.1, -0.05) is 107 Å². The number of rotatable bonds is 20. The van der Waals surface area contributed by atoms with Crippen molar-refractivity contribution in [1.82, 2.24) is 5.32 Å². The lowest BCUT2D eigenvalue weighted by Crippen LogP contribution is -2.34. The van der Waals surface area contributed by atoms with Crippen molar-refractivity contribution < 1.29 is 33.5 Å². The highest BCUT2D eigenvalue weighted by molar-refractivity contribution is 6.40. The molecule has 0 radical (unpaired) electrons. The third kappa shape index (κ3) is 11.7. The van der Waals surface area contributed by atoms with E-state index in [4.69, 9.17) is 9.47 Å². The molecule has 2 atom stereocenters. The summed E-state index contributed by atoms with van der Waals surface area (Å²) in [7, 11) is 0. The molecule has 0 aromatic heterocycles. The predicted octanol–water partition coefficient (Wildman–Crippen LogP) is 11.4. The molecular formula is C52H66N4O6. The second kappa shape index (κ2) is 22.8. The lowest BCUT2D eigenvalue weighted by atomic mass is 9.78. The maximum Gasteiger partial charge on any atom is 0.411 e. The van der Waals surface area contributed by atoms with Crippen LogP contribution >= 0.6 is 0 Å². The van der Waals surface area contributed by atoms with Gasteiger partial charge in [-0.3, -0.25) is 15.4 Å². The van der Waals surface area contributed by atoms with Crippen molar-refractivity contribution in [3.8, 4) is 0 Å². The van der Waals surface area contributed by atoms with E-state index in [-0.39, 0.29) is 35.7 Å². The average Bonchev–Trinajstić information content (AvgIpc) is 3.26. The molecule has 3 aromatic carbocycles. The molecule has 5 rings (SSSR count). The van der Waals surface area contributed by atoms with Crippen molar-refractivity contribution in [2.75, 3.05) is 36.5 Å². The maximum atomic E-state index is 14.4. The predicted molar refractivity (Wildman–Crippen MR) is 249 cm³/mol. The van der Waals surface area contributed by atoms with Gasteiger partial charge in [0.15, 0.2) is 12.3 Å². The number of carbonyl (C=O) groups is 3. The van der Waals surface area contributed by atoms with E-state index in [9.17, 15) is 19.5 Å². The number of nitrogens with zero attached hydrogens (tertiary/aromatic N) is 2. The van der Waals surface area contributed by atoms with Crippen LogP contribution in [0.15, 0.2) is 108 Å². The molecule has 2 N–H and O–H groups in total. The number of amides is 2. The summed E-state index contributed by atoms with van der Waals surface area (Å²) in [5.41, 5.74) is 6.95. The SMILES string of the molecule is CCCCC(CC)CN(c1ccc(C)cc1)c1ccc(C2=C([O-])/C(=C3/C=CC(=[N+](CC(CC)CCCC)c4ccc(C)cc4)C=C3NC(=O)OCC)C2=O)c(NC(=O)OCC)c1. The Morgan fingerprint density at radius 2 is 1.31 bits per heavy atom. The van der Waals surface area contributed by atoms with Crippen molar-refractivity contribution >= 4 is 52.0 Å². The van der Waals surface area contributed by atoms with E-state index in [1.54, 1.807) is 26.0 Å². The number of hydrogen-bond donors (Lipinski definition) is 2. The van der Waals surface area contributed by atoms with E-state index in [1.165, 1.54) is 0 Å². The van der Waals surface area contributed by atoms with Gasteiger partial charge in [-0.2, -0.15) is 4.58 Å². The summed E-state index contributed by atoms with van der Waals surface area (Å²) < 4.78 is 12.8. The monoisotopic (exact) mass is 842 g/mol. The molecular weight excluding hydrogens is 777 g/mol. The van der Waals surface area contributed by atoms with Crippen LogP contribution in [0.1, 0.15) is 110 Å². The topological polar surface area (TPSA) is 123 Å². The smallest absolute Gasteiger partial charge is 0.411 e. The van der Waals surface area contributed by atoms with Gasteiger partial charge in [-0.15, -0.1) is 0 Å². The number of hydrogen-bond acceptors (Lipinski definition) is 7. The first-order chi connectivity index (χ1) is 30.0. The zero-order valence-electron chi connectivity index (χ0n) is 38.1. The molecule has 2 unspecified atom stereocenters. The number of aryl methyl sites for hydroxylation is 2. The molecule has 2 aliphatic carbocycles. The van der Waals surface area contributed by atoms with Crippen LogP contribution in [0.5, 0.6) is 0 Å². The molecule has 0 bridgehead atoms. The number of nitrogens with one attached hydrogen (secondary N) is 2. The van der Waals surface area contributed by atoms with Gasteiger partial charge >= 0.3 is 12.2 Å². The van der Waals surface area contributed by atoms with E-state index < -0.39 is 23.7 Å². The first-order valence-electron chi connectivity index (χ1n) is 22.6. The molecule has 0 saturated heterocycles. The fourth-order valence-corrected chi connectivity index (χ4v) is 8.00. The lowest BCUT2D eigenvalue weighted by Gasteiger charge is -2.35. The molecule has 2 amide bonds. The van der Waals surface area contributed by atoms with Gasteiger partial charge in [0.1, 0.15) is 0 Å². The van der Waals surface area contributed by atoms with Crippen molar-refractivity contribution in [2.45, 2.75) is 107 Å². The second-order valence-corrected chi connectivity index (χ2v) is 16.3. The molecule has 3 aromatic rings. The van der Waals surface area contributed by atoms with Crippen LogP contribution < -0.4 is 20.6 Å². The molecule has 10 nitrogen and oxygen atoms in total. The molecule has 62 heavy (non-hydrogen) atoms. The Balaban J connectivity index is 1.64. The van der Waals surface area contributed by atoms with E-state index in [2.05, 4.69) is 110 Å². The zero-order valence-corrected chi connectivity index (χ0v) is 38.1. The van der Waals surface area contributed by atoms with Gasteiger partial charge in [0.25, 0.3) is 0 Å². The average molecular weight is 843 g/mol. The van der Waals surface area contributed by atoms with Crippen LogP contribution in [0, 0.1) is 25.7 Å². The van der Waals surface area contributed by atoms with Gasteiger partial charge < -0.3 is 19.5 Å². The summed E-state index contributed by atoms with van der Waals surface area (Å²) in [6, 6.07) is 22.1. The summed E-state index contributed by atoms with van der Waals surface area (Å²) in [4.78, 5) is 42.7. The number of carbonyl (C=O) groups excluding carboxylic acids is 3. The molecule has 0 saturated carbocycles. The maximum absolute atomic E-state index is 14.4. The number of benzene rings is 3. The van der Waals surface area contributed by atoms with E-state index >= 15 is 0 Å². The van der Waals surface area contributed by atoms with Crippen molar-refractivity contribution in [1.29, 1.82) is 0 Å². The summed E-state index contributed by atoms with van der Waals surface area (Å²) in [5, 5.41) is 20.1. The molecule has 2 aliphatic rings. The normalized spacial score (nSPS) is 16.6. The van der Waals surface area contributed by atoms with E-state index in [0.29, 0.717) is 23.0 Å². The van der Waals surface area contributed by atoms with Crippen LogP contribution in [0.2, 0.25) is 0 Å². The lowest BCUT2D eigenvalue weighted by molar-refractivity contribution is -0.448. The first-order valence-corrected chi connectivity index (χ1v) is 22.6. The standard InChI is InChI=1S/C52H66N4O6/c1-9-15-17-37(11-3)33-55(39-23-19-35(7)20-24-39)41-27-29-43(45(31-41)53-51(59)61-13-5)47-49(57)48(50(47)58)44-30-28-42(32-46(44)54-52(60)62-14-6)56(34-38(12-4)18-16-10-2)40-25-21-36(8)22-26-40/h19-32,37-38H,9-18,33-34H2,1-8H3,(H2,53,54,57,58,59,60). The zero-order chi connectivity index (χ0) is 44.8. The number of Topliss-reactive ketones (excluding diaryl/α,β-unsaturated/α-hetero) is 1. The van der Waals surface area contributed by atoms with Crippen LogP contribution in [0.4, 0.5) is 32.3 Å². The quantitative estimate of drug-likeness (QED) is 0.0857. The third-order valence-electron chi connectivity index (χ3n) is 11.8. The summed E-state index contributed by atoms with van der Waals surface area (Å²) in [6.07, 6.45) is 12.7. The number of alkyl carbamates (subject to hydrolysis) is 1. The Bertz CT molecular complexity index is 2210. The molecule has 0 aliphatic heterocycles. The van der Waals surface area contributed by atoms with Crippen LogP contribution in [0.25, 0.3) is 5.57 Å². The van der Waals surface area contributed by atoms with Crippen LogP contribution in [-0.2, 0) is 14.3 Å². The highest BCUT2D eigenvalue weighted by Gasteiger charge is 2.35. The number of allylic oxidation sites excluding steroid dienone is 5. The minimum atomic E-state index is -0.694. The molecule has 0 heterocycles. The van der Waals surface area contributed by atoms with Crippen molar-refractivity contribution in [2.24, 2.45) is 11.8 Å². The second-order valence-electron chi connectivity index (χ2n) is 16.3. The minimum absolute atomic E-state index is 0.0521. The third-order valence-corrected chi connectivity index (χ3v) is 11.8. The van der Waals surface area contributed by atoms with E-state index in [0.717, 1.165) is 98.4 Å². The van der Waals surface area contributed by atoms with Crippen molar-refractivity contribution in [3.05, 3.63) is 124 Å². The Kier molecular flexibility index (Phi) is 17.3. The molecule has 330 valence electrons. The van der Waals surface area contributed by atoms with Crippen LogP contribution in [-0.4, -0.2) is 54.6 Å². The number of ketones is 1. The largest absolute Gasteiger partial charge is 0.871 e. The Hall–Kier alpha value is -5.90. The fraction of sp³-hybridized carbons (Fsp3) is 0.423. The first kappa shape index (κ1) is 47.2. The van der Waals surface area contributed by atoms with Gasteiger partial charge in [-0.25, -0.2) is 9.59 Å². The Labute approximate surface area is 369 Å². The minimum Gasteiger partial charge on any atom is -0.871 e. The van der Waals surface area contributed by atoms with Crippen LogP contribution in [0.3, 0.4) is 0 Å². The molecule has 0 fully saturated rings. The summed E-state index contributed by atoms with van der Waals surface area (Å²) in [6.45, 7) is 18.1. The van der Waals surface area contributed by atoms with Gasteiger partial charge in [-0.05, 0) is 83.2 Å².